The van der Waals surface area contributed by atoms with Crippen LogP contribution in [0, 0.1) is 5.82 Å². The first-order valence-electron chi connectivity index (χ1n) is 12.5. The molecule has 1 atom stereocenters. The van der Waals surface area contributed by atoms with Crippen LogP contribution in [0.1, 0.15) is 52.0 Å². The van der Waals surface area contributed by atoms with E-state index in [1.807, 2.05) is 33.9 Å². The SMILES string of the molecule is C[C@H]1CN(C(=O)OC(C)(C)C)CCN1c1ncnc2c1c(C1CC1)cn2-c1ccc(F)c(OC(F)(F)F)c1. The number of fused-ring (bicyclic) bond motifs is 1. The Morgan fingerprint density at radius 3 is 2.47 bits per heavy atom. The summed E-state index contributed by atoms with van der Waals surface area (Å²) in [5.74, 6) is -1.06. The lowest BCUT2D eigenvalue weighted by Crippen LogP contribution is -2.54. The van der Waals surface area contributed by atoms with E-state index in [4.69, 9.17) is 4.74 Å². The molecule has 3 heterocycles. The fourth-order valence-electron chi connectivity index (χ4n) is 4.80. The zero-order valence-corrected chi connectivity index (χ0v) is 21.5. The summed E-state index contributed by atoms with van der Waals surface area (Å²) >= 11 is 0. The highest BCUT2D eigenvalue weighted by atomic mass is 19.4. The van der Waals surface area contributed by atoms with Crippen molar-refractivity contribution < 1.29 is 31.8 Å². The van der Waals surface area contributed by atoms with Crippen molar-refractivity contribution >= 4 is 22.9 Å². The van der Waals surface area contributed by atoms with E-state index in [-0.39, 0.29) is 23.7 Å². The summed E-state index contributed by atoms with van der Waals surface area (Å²) in [7, 11) is 0. The van der Waals surface area contributed by atoms with Gasteiger partial charge in [-0.25, -0.2) is 19.2 Å². The normalized spacial score (nSPS) is 18.7. The van der Waals surface area contributed by atoms with Crippen LogP contribution >= 0.6 is 0 Å². The van der Waals surface area contributed by atoms with E-state index in [9.17, 15) is 22.4 Å². The Kier molecular flexibility index (Phi) is 6.39. The number of ether oxygens (including phenoxy) is 2. The lowest BCUT2D eigenvalue weighted by Gasteiger charge is -2.41. The van der Waals surface area contributed by atoms with Crippen LogP contribution in [0.4, 0.5) is 28.2 Å². The fraction of sp³-hybridized carbons (Fsp3) is 0.500. The van der Waals surface area contributed by atoms with Crippen molar-refractivity contribution in [2.24, 2.45) is 0 Å². The highest BCUT2D eigenvalue weighted by Gasteiger charge is 2.36. The van der Waals surface area contributed by atoms with Gasteiger partial charge in [-0.3, -0.25) is 0 Å². The quantitative estimate of drug-likeness (QED) is 0.395. The first-order chi connectivity index (χ1) is 17.8. The van der Waals surface area contributed by atoms with E-state index in [2.05, 4.69) is 19.6 Å². The summed E-state index contributed by atoms with van der Waals surface area (Å²) in [4.78, 5) is 25.5. The molecule has 204 valence electrons. The van der Waals surface area contributed by atoms with Gasteiger partial charge >= 0.3 is 12.5 Å². The van der Waals surface area contributed by atoms with E-state index in [1.54, 1.807) is 9.47 Å². The molecule has 1 aromatic carbocycles. The van der Waals surface area contributed by atoms with Crippen LogP contribution in [0.3, 0.4) is 0 Å². The molecule has 38 heavy (non-hydrogen) atoms. The molecule has 1 aliphatic heterocycles. The van der Waals surface area contributed by atoms with Gasteiger partial charge in [0.1, 0.15) is 23.4 Å². The molecule has 0 N–H and O–H groups in total. The predicted molar refractivity (Wildman–Crippen MR) is 132 cm³/mol. The molecule has 3 aromatic rings. The summed E-state index contributed by atoms with van der Waals surface area (Å²) in [5, 5.41) is 0.801. The van der Waals surface area contributed by atoms with Crippen molar-refractivity contribution in [2.75, 3.05) is 24.5 Å². The molecule has 1 amide bonds. The van der Waals surface area contributed by atoms with Gasteiger partial charge < -0.3 is 23.8 Å². The Hall–Kier alpha value is -3.57. The van der Waals surface area contributed by atoms with Crippen molar-refractivity contribution in [2.45, 2.75) is 64.5 Å². The van der Waals surface area contributed by atoms with Crippen LogP contribution in [-0.4, -0.2) is 63.2 Å². The number of carbonyl (C=O) groups excluding carboxylic acids is 1. The van der Waals surface area contributed by atoms with Gasteiger partial charge in [-0.15, -0.1) is 13.2 Å². The summed E-state index contributed by atoms with van der Waals surface area (Å²) in [5.41, 5.74) is 1.18. The minimum Gasteiger partial charge on any atom is -0.444 e. The highest BCUT2D eigenvalue weighted by Crippen LogP contribution is 2.46. The largest absolute Gasteiger partial charge is 0.573 e. The van der Waals surface area contributed by atoms with Crippen molar-refractivity contribution in [3.8, 4) is 11.4 Å². The first kappa shape index (κ1) is 26.1. The van der Waals surface area contributed by atoms with Crippen LogP contribution in [-0.2, 0) is 4.74 Å². The molecule has 1 saturated carbocycles. The average Bonchev–Trinajstić information content (AvgIpc) is 3.58. The van der Waals surface area contributed by atoms with E-state index >= 15 is 0 Å². The summed E-state index contributed by atoms with van der Waals surface area (Å²) < 4.78 is 63.7. The number of rotatable bonds is 4. The van der Waals surface area contributed by atoms with Gasteiger partial charge in [0.25, 0.3) is 0 Å². The molecule has 12 heteroatoms. The summed E-state index contributed by atoms with van der Waals surface area (Å²) in [6, 6.07) is 3.27. The maximum atomic E-state index is 14.1. The van der Waals surface area contributed by atoms with Crippen LogP contribution < -0.4 is 9.64 Å². The van der Waals surface area contributed by atoms with Gasteiger partial charge in [-0.1, -0.05) is 0 Å². The third-order valence-electron chi connectivity index (χ3n) is 6.58. The van der Waals surface area contributed by atoms with Gasteiger partial charge in [0.15, 0.2) is 11.6 Å². The standard InChI is InChI=1S/C26H29F4N5O3/c1-15-12-33(24(36)38-25(2,3)4)9-10-34(15)22-21-18(16-5-6-16)13-35(23(21)32-14-31-22)17-7-8-19(27)20(11-17)37-26(28,29)30/h7-8,11,13-16H,5-6,9-10,12H2,1-4H3/t15-/m0/s1. The number of amides is 1. The maximum Gasteiger partial charge on any atom is 0.573 e. The monoisotopic (exact) mass is 535 g/mol. The van der Waals surface area contributed by atoms with Gasteiger partial charge in [0.2, 0.25) is 0 Å². The minimum absolute atomic E-state index is 0.0811. The number of nitrogens with zero attached hydrogens (tertiary/aromatic N) is 5. The number of benzene rings is 1. The van der Waals surface area contributed by atoms with E-state index in [0.717, 1.165) is 35.9 Å². The molecule has 0 unspecified atom stereocenters. The molecule has 1 aliphatic carbocycles. The minimum atomic E-state index is -5.02. The molecule has 0 radical (unpaired) electrons. The zero-order chi connectivity index (χ0) is 27.4. The molecule has 0 bridgehead atoms. The number of alkyl halides is 3. The Bertz CT molecular complexity index is 1360. The Balaban J connectivity index is 1.51. The maximum absolute atomic E-state index is 14.1. The van der Waals surface area contributed by atoms with Gasteiger partial charge in [-0.2, -0.15) is 0 Å². The van der Waals surface area contributed by atoms with Gasteiger partial charge in [-0.05, 0) is 64.2 Å². The first-order valence-corrected chi connectivity index (χ1v) is 12.5. The third-order valence-corrected chi connectivity index (χ3v) is 6.58. The number of carbonyl (C=O) groups is 1. The average molecular weight is 536 g/mol. The van der Waals surface area contributed by atoms with Crippen LogP contribution in [0.15, 0.2) is 30.7 Å². The second-order valence-electron chi connectivity index (χ2n) is 10.8. The number of hydrogen-bond donors (Lipinski definition) is 0. The van der Waals surface area contributed by atoms with Crippen LogP contribution in [0.25, 0.3) is 16.7 Å². The second kappa shape index (κ2) is 9.32. The number of hydrogen-bond acceptors (Lipinski definition) is 6. The summed E-state index contributed by atoms with van der Waals surface area (Å²) in [6.07, 6.45) is -0.191. The van der Waals surface area contributed by atoms with E-state index < -0.39 is 23.5 Å². The Morgan fingerprint density at radius 1 is 1.11 bits per heavy atom. The van der Waals surface area contributed by atoms with Crippen molar-refractivity contribution in [1.82, 2.24) is 19.4 Å². The Morgan fingerprint density at radius 2 is 1.84 bits per heavy atom. The van der Waals surface area contributed by atoms with Crippen molar-refractivity contribution in [1.29, 1.82) is 0 Å². The Labute approximate surface area is 217 Å². The lowest BCUT2D eigenvalue weighted by atomic mass is 10.1. The number of piperazine rings is 1. The van der Waals surface area contributed by atoms with Crippen molar-refractivity contribution in [3.63, 3.8) is 0 Å². The van der Waals surface area contributed by atoms with E-state index in [1.165, 1.54) is 12.4 Å². The number of aromatic nitrogens is 3. The molecule has 5 rings (SSSR count). The molecule has 0 spiro atoms. The van der Waals surface area contributed by atoms with Gasteiger partial charge in [0.05, 0.1) is 11.1 Å². The topological polar surface area (TPSA) is 72.7 Å². The molecular weight excluding hydrogens is 506 g/mol. The molecule has 1 saturated heterocycles. The van der Waals surface area contributed by atoms with Crippen LogP contribution in [0.2, 0.25) is 0 Å². The molecule has 8 nitrogen and oxygen atoms in total. The molecule has 2 fully saturated rings. The van der Waals surface area contributed by atoms with E-state index in [0.29, 0.717) is 31.1 Å². The van der Waals surface area contributed by atoms with Crippen molar-refractivity contribution in [3.05, 3.63) is 42.1 Å². The molecule has 2 aliphatic rings. The molecule has 2 aromatic heterocycles. The second-order valence-corrected chi connectivity index (χ2v) is 10.8. The molecular formula is C26H29F4N5O3. The van der Waals surface area contributed by atoms with Gasteiger partial charge in [0, 0.05) is 37.9 Å². The zero-order valence-electron chi connectivity index (χ0n) is 21.5. The summed E-state index contributed by atoms with van der Waals surface area (Å²) in [6.45, 7) is 8.87. The lowest BCUT2D eigenvalue weighted by molar-refractivity contribution is -0.275. The van der Waals surface area contributed by atoms with Crippen LogP contribution in [0.5, 0.6) is 5.75 Å². The number of halogens is 4. The smallest absolute Gasteiger partial charge is 0.444 e. The predicted octanol–water partition coefficient (Wildman–Crippen LogP) is 5.78. The number of anilines is 1. The fourth-order valence-corrected chi connectivity index (χ4v) is 4.80. The highest BCUT2D eigenvalue weighted by molar-refractivity contribution is 5.93. The third kappa shape index (κ3) is 5.34.